The van der Waals surface area contributed by atoms with Crippen LogP contribution in [0.3, 0.4) is 0 Å². The van der Waals surface area contributed by atoms with E-state index in [4.69, 9.17) is 15.2 Å². The Morgan fingerprint density at radius 2 is 1.80 bits per heavy atom. The van der Waals surface area contributed by atoms with Crippen LogP contribution >= 0.6 is 0 Å². The van der Waals surface area contributed by atoms with E-state index in [9.17, 15) is 14.4 Å². The molecule has 0 heterocycles. The summed E-state index contributed by atoms with van der Waals surface area (Å²) in [6.07, 6.45) is 2.43. The molecule has 0 saturated heterocycles. The summed E-state index contributed by atoms with van der Waals surface area (Å²) in [7, 11) is 4.38. The number of rotatable bonds is 5. The molecule has 2 aromatic carbocycles. The van der Waals surface area contributed by atoms with E-state index in [0.717, 1.165) is 24.0 Å². The van der Waals surface area contributed by atoms with Crippen LogP contribution in [-0.4, -0.2) is 44.0 Å². The van der Waals surface area contributed by atoms with Gasteiger partial charge < -0.3 is 20.1 Å². The maximum absolute atomic E-state index is 12.8. The fourth-order valence-corrected chi connectivity index (χ4v) is 3.79. The third kappa shape index (κ3) is 4.30. The standard InChI is InChI=1S/C23H26N2O5/c1-25(2)21(26)20(23(28)29-3)14-10-12-15(13-11-14)30-22(27)18-8-4-7-17-16(18)6-5-9-19(17)24/h5-6,9-13,18,20H,4,7-8,24H2,1-3H3. The van der Waals surface area contributed by atoms with Crippen molar-refractivity contribution in [3.05, 3.63) is 59.2 Å². The maximum Gasteiger partial charge on any atom is 0.322 e. The summed E-state index contributed by atoms with van der Waals surface area (Å²) in [4.78, 5) is 38.6. The number of carbonyl (C=O) groups is 3. The number of likely N-dealkylation sites (N-methyl/N-ethyl adjacent to an activating group) is 1. The van der Waals surface area contributed by atoms with Crippen LogP contribution in [-0.2, 0) is 25.5 Å². The molecule has 7 heteroatoms. The van der Waals surface area contributed by atoms with Gasteiger partial charge in [-0.1, -0.05) is 24.3 Å². The lowest BCUT2D eigenvalue weighted by atomic mass is 9.82. The largest absolute Gasteiger partial charge is 0.468 e. The quantitative estimate of drug-likeness (QED) is 0.352. The lowest BCUT2D eigenvalue weighted by molar-refractivity contribution is -0.148. The van der Waals surface area contributed by atoms with Crippen LogP contribution < -0.4 is 10.5 Å². The minimum absolute atomic E-state index is 0.344. The van der Waals surface area contributed by atoms with Gasteiger partial charge in [-0.15, -0.1) is 0 Å². The second-order valence-corrected chi connectivity index (χ2v) is 7.54. The molecule has 1 aliphatic rings. The average Bonchev–Trinajstić information content (AvgIpc) is 2.74. The second kappa shape index (κ2) is 8.98. The van der Waals surface area contributed by atoms with Gasteiger partial charge in [-0.25, -0.2) is 0 Å². The van der Waals surface area contributed by atoms with E-state index in [2.05, 4.69) is 0 Å². The first-order chi connectivity index (χ1) is 14.3. The summed E-state index contributed by atoms with van der Waals surface area (Å²) < 4.78 is 10.4. The van der Waals surface area contributed by atoms with E-state index in [1.54, 1.807) is 38.4 Å². The molecule has 0 spiro atoms. The SMILES string of the molecule is COC(=O)C(C(=O)N(C)C)c1ccc(OC(=O)C2CCCc3c(N)cccc32)cc1. The van der Waals surface area contributed by atoms with Crippen LogP contribution in [0.15, 0.2) is 42.5 Å². The first-order valence-electron chi connectivity index (χ1n) is 9.81. The Kier molecular flexibility index (Phi) is 6.40. The van der Waals surface area contributed by atoms with E-state index < -0.39 is 11.9 Å². The van der Waals surface area contributed by atoms with E-state index in [1.165, 1.54) is 12.0 Å². The highest BCUT2D eigenvalue weighted by atomic mass is 16.5. The topological polar surface area (TPSA) is 98.9 Å². The molecule has 2 atom stereocenters. The van der Waals surface area contributed by atoms with Crippen molar-refractivity contribution >= 4 is 23.5 Å². The van der Waals surface area contributed by atoms with E-state index in [1.807, 2.05) is 18.2 Å². The van der Waals surface area contributed by atoms with Gasteiger partial charge in [0.05, 0.1) is 13.0 Å². The minimum Gasteiger partial charge on any atom is -0.468 e. The molecule has 2 aromatic rings. The fraction of sp³-hybridized carbons (Fsp3) is 0.348. The molecular formula is C23H26N2O5. The molecule has 3 rings (SSSR count). The zero-order valence-electron chi connectivity index (χ0n) is 17.4. The van der Waals surface area contributed by atoms with Gasteiger partial charge in [-0.05, 0) is 54.2 Å². The molecule has 30 heavy (non-hydrogen) atoms. The normalized spacial score (nSPS) is 16.2. The molecule has 0 aromatic heterocycles. The van der Waals surface area contributed by atoms with Gasteiger partial charge in [-0.2, -0.15) is 0 Å². The zero-order valence-corrected chi connectivity index (χ0v) is 17.4. The fourth-order valence-electron chi connectivity index (χ4n) is 3.79. The number of fused-ring (bicyclic) bond motifs is 1. The van der Waals surface area contributed by atoms with Gasteiger partial charge in [0.25, 0.3) is 0 Å². The number of hydrogen-bond acceptors (Lipinski definition) is 6. The molecule has 2 unspecified atom stereocenters. The van der Waals surface area contributed by atoms with E-state index in [0.29, 0.717) is 23.4 Å². The highest BCUT2D eigenvalue weighted by Gasteiger charge is 2.32. The lowest BCUT2D eigenvalue weighted by Gasteiger charge is -2.25. The Bertz CT molecular complexity index is 953. The van der Waals surface area contributed by atoms with Crippen molar-refractivity contribution in [1.82, 2.24) is 4.90 Å². The maximum atomic E-state index is 12.8. The molecule has 0 fully saturated rings. The van der Waals surface area contributed by atoms with Gasteiger partial charge >= 0.3 is 11.9 Å². The number of methoxy groups -OCH3 is 1. The Balaban J connectivity index is 1.78. The van der Waals surface area contributed by atoms with Crippen LogP contribution in [0.2, 0.25) is 0 Å². The molecule has 0 aliphatic heterocycles. The number of anilines is 1. The van der Waals surface area contributed by atoms with E-state index in [-0.39, 0.29) is 17.8 Å². The lowest BCUT2D eigenvalue weighted by Crippen LogP contribution is -2.33. The van der Waals surface area contributed by atoms with Gasteiger partial charge in [-0.3, -0.25) is 14.4 Å². The van der Waals surface area contributed by atoms with E-state index >= 15 is 0 Å². The molecule has 7 nitrogen and oxygen atoms in total. The summed E-state index contributed by atoms with van der Waals surface area (Å²) in [5.74, 6) is -2.46. The number of esters is 2. The summed E-state index contributed by atoms with van der Waals surface area (Å²) in [5, 5.41) is 0. The number of ether oxygens (including phenoxy) is 2. The van der Waals surface area contributed by atoms with Gasteiger partial charge in [0.15, 0.2) is 5.92 Å². The van der Waals surface area contributed by atoms with Gasteiger partial charge in [0.2, 0.25) is 5.91 Å². The summed E-state index contributed by atoms with van der Waals surface area (Å²) in [6.45, 7) is 0. The Hall–Kier alpha value is -3.35. The number of benzene rings is 2. The molecule has 1 aliphatic carbocycles. The number of nitrogens with zero attached hydrogens (tertiary/aromatic N) is 1. The van der Waals surface area contributed by atoms with Crippen molar-refractivity contribution in [1.29, 1.82) is 0 Å². The third-order valence-corrected chi connectivity index (χ3v) is 5.38. The highest BCUT2D eigenvalue weighted by Crippen LogP contribution is 2.35. The van der Waals surface area contributed by atoms with Crippen LogP contribution in [0, 0.1) is 0 Å². The monoisotopic (exact) mass is 410 g/mol. The van der Waals surface area contributed by atoms with Gasteiger partial charge in [0, 0.05) is 19.8 Å². The predicted octanol–water partition coefficient (Wildman–Crippen LogP) is 2.64. The molecule has 0 bridgehead atoms. The number of nitrogens with two attached hydrogens (primary N) is 1. The second-order valence-electron chi connectivity index (χ2n) is 7.54. The number of nitrogen functional groups attached to an aromatic ring is 1. The third-order valence-electron chi connectivity index (χ3n) is 5.38. The van der Waals surface area contributed by atoms with Crippen molar-refractivity contribution in [2.75, 3.05) is 26.9 Å². The molecule has 0 radical (unpaired) electrons. The smallest absolute Gasteiger partial charge is 0.322 e. The zero-order chi connectivity index (χ0) is 21.8. The van der Waals surface area contributed by atoms with Crippen LogP contribution in [0.1, 0.15) is 41.4 Å². The summed E-state index contributed by atoms with van der Waals surface area (Å²) in [6, 6.07) is 12.0. The number of carbonyl (C=O) groups excluding carboxylic acids is 3. The first kappa shape index (κ1) is 21.4. The number of hydrogen-bond donors (Lipinski definition) is 1. The molecule has 2 N–H and O–H groups in total. The summed E-state index contributed by atoms with van der Waals surface area (Å²) >= 11 is 0. The summed E-state index contributed by atoms with van der Waals surface area (Å²) in [5.41, 5.74) is 9.17. The van der Waals surface area contributed by atoms with Crippen molar-refractivity contribution in [2.45, 2.75) is 31.1 Å². The van der Waals surface area contributed by atoms with Crippen molar-refractivity contribution < 1.29 is 23.9 Å². The highest BCUT2D eigenvalue weighted by molar-refractivity contribution is 6.03. The Morgan fingerprint density at radius 1 is 1.10 bits per heavy atom. The first-order valence-corrected chi connectivity index (χ1v) is 9.81. The van der Waals surface area contributed by atoms with Crippen LogP contribution in [0.25, 0.3) is 0 Å². The molecular weight excluding hydrogens is 384 g/mol. The Morgan fingerprint density at radius 3 is 2.43 bits per heavy atom. The van der Waals surface area contributed by atoms with Crippen LogP contribution in [0.5, 0.6) is 5.75 Å². The van der Waals surface area contributed by atoms with Crippen molar-refractivity contribution in [3.8, 4) is 5.75 Å². The number of amides is 1. The Labute approximate surface area is 175 Å². The average molecular weight is 410 g/mol. The molecule has 1 amide bonds. The molecule has 158 valence electrons. The van der Waals surface area contributed by atoms with Crippen molar-refractivity contribution in [3.63, 3.8) is 0 Å². The van der Waals surface area contributed by atoms with Crippen LogP contribution in [0.4, 0.5) is 5.69 Å². The predicted molar refractivity (Wildman–Crippen MR) is 112 cm³/mol. The molecule has 0 saturated carbocycles. The minimum atomic E-state index is -1.07. The van der Waals surface area contributed by atoms with Crippen molar-refractivity contribution in [2.24, 2.45) is 0 Å². The van der Waals surface area contributed by atoms with Gasteiger partial charge in [0.1, 0.15) is 5.75 Å².